The molecule has 0 aliphatic carbocycles. The van der Waals surface area contributed by atoms with Crippen molar-refractivity contribution >= 4 is 21.7 Å². The highest BCUT2D eigenvalue weighted by molar-refractivity contribution is 7.89. The van der Waals surface area contributed by atoms with Crippen LogP contribution < -0.4 is 10.6 Å². The maximum Gasteiger partial charge on any atom is 0.233 e. The number of rotatable bonds is 5. The third-order valence-electron chi connectivity index (χ3n) is 3.53. The van der Waals surface area contributed by atoms with E-state index >= 15 is 0 Å². The number of terminal acetylenes is 1. The van der Waals surface area contributed by atoms with E-state index in [1.165, 1.54) is 4.31 Å². The third kappa shape index (κ3) is 3.75. The first kappa shape index (κ1) is 16.3. The summed E-state index contributed by atoms with van der Waals surface area (Å²) >= 11 is 0. The zero-order chi connectivity index (χ0) is 16.2. The van der Waals surface area contributed by atoms with Gasteiger partial charge in [-0.15, -0.1) is 6.42 Å². The quantitative estimate of drug-likeness (QED) is 0.721. The normalized spacial score (nSPS) is 17.7. The Morgan fingerprint density at radius 3 is 2.55 bits per heavy atom. The van der Waals surface area contributed by atoms with E-state index in [0.717, 1.165) is 5.82 Å². The molecule has 2 rings (SSSR count). The van der Waals surface area contributed by atoms with Gasteiger partial charge in [0.25, 0.3) is 0 Å². The summed E-state index contributed by atoms with van der Waals surface area (Å²) < 4.78 is 25.9. The fourth-order valence-electron chi connectivity index (χ4n) is 2.26. The molecule has 1 saturated heterocycles. The molecule has 118 valence electrons. The van der Waals surface area contributed by atoms with Crippen molar-refractivity contribution in [2.45, 2.75) is 0 Å². The van der Waals surface area contributed by atoms with Gasteiger partial charge >= 0.3 is 0 Å². The van der Waals surface area contributed by atoms with Gasteiger partial charge in [-0.2, -0.15) is 4.31 Å². The van der Waals surface area contributed by atoms with E-state index in [4.69, 9.17) is 12.2 Å². The monoisotopic (exact) mass is 322 g/mol. The van der Waals surface area contributed by atoms with Crippen molar-refractivity contribution in [2.24, 2.45) is 11.7 Å². The first-order valence-corrected chi connectivity index (χ1v) is 8.44. The van der Waals surface area contributed by atoms with E-state index in [0.29, 0.717) is 26.2 Å². The summed E-state index contributed by atoms with van der Waals surface area (Å²) in [5.74, 6) is 0.615. The first-order chi connectivity index (χ1) is 10.4. The number of carbonyl (C=O) groups is 1. The zero-order valence-corrected chi connectivity index (χ0v) is 12.9. The van der Waals surface area contributed by atoms with E-state index in [1.54, 1.807) is 6.20 Å². The van der Waals surface area contributed by atoms with Gasteiger partial charge in [0.2, 0.25) is 15.9 Å². The second kappa shape index (κ2) is 6.77. The molecule has 1 aliphatic heterocycles. The average Bonchev–Trinajstić information content (AvgIpc) is 2.53. The summed E-state index contributed by atoms with van der Waals surface area (Å²) in [5.41, 5.74) is 5.10. The van der Waals surface area contributed by atoms with Crippen LogP contribution in [0.4, 0.5) is 5.82 Å². The Labute approximate surface area is 130 Å². The summed E-state index contributed by atoms with van der Waals surface area (Å²) in [7, 11) is -3.60. The Morgan fingerprint density at radius 2 is 2.05 bits per heavy atom. The Bertz CT molecular complexity index is 661. The molecule has 1 unspecified atom stereocenters. The lowest BCUT2D eigenvalue weighted by atomic mass is 10.2. The van der Waals surface area contributed by atoms with Crippen LogP contribution >= 0.6 is 0 Å². The number of hydrogen-bond acceptors (Lipinski definition) is 5. The summed E-state index contributed by atoms with van der Waals surface area (Å²) in [5, 5.41) is 0. The van der Waals surface area contributed by atoms with Crippen LogP contribution in [0, 0.1) is 18.3 Å². The van der Waals surface area contributed by atoms with Crippen LogP contribution in [0.5, 0.6) is 0 Å². The van der Waals surface area contributed by atoms with Crippen molar-refractivity contribution in [3.05, 3.63) is 24.4 Å². The number of piperazine rings is 1. The van der Waals surface area contributed by atoms with Gasteiger partial charge in [-0.1, -0.05) is 12.0 Å². The van der Waals surface area contributed by atoms with Crippen molar-refractivity contribution in [2.75, 3.05) is 36.8 Å². The molecule has 1 aromatic rings. The number of aromatic nitrogens is 1. The minimum atomic E-state index is -3.60. The summed E-state index contributed by atoms with van der Waals surface area (Å²) in [6.45, 7) is 1.73. The zero-order valence-electron chi connectivity index (χ0n) is 12.1. The topological polar surface area (TPSA) is 96.6 Å². The van der Waals surface area contributed by atoms with Crippen molar-refractivity contribution in [1.29, 1.82) is 0 Å². The molecule has 0 aromatic carbocycles. The molecule has 0 spiro atoms. The minimum Gasteiger partial charge on any atom is -0.369 e. The standard InChI is InChI=1S/C14H18N4O3S/c1-2-12(14(15)19)11-22(20,21)18-9-7-17(8-10-18)13-5-3-4-6-16-13/h1,3-6,12H,7-11H2,(H2,15,19). The predicted octanol–water partition coefficient (Wildman–Crippen LogP) is -0.732. The number of anilines is 1. The number of carbonyl (C=O) groups excluding carboxylic acids is 1. The number of sulfonamides is 1. The molecular weight excluding hydrogens is 304 g/mol. The molecular formula is C14H18N4O3S. The highest BCUT2D eigenvalue weighted by Crippen LogP contribution is 2.16. The second-order valence-electron chi connectivity index (χ2n) is 4.97. The van der Waals surface area contributed by atoms with Crippen LogP contribution in [0.2, 0.25) is 0 Å². The van der Waals surface area contributed by atoms with Gasteiger partial charge in [-0.3, -0.25) is 4.79 Å². The van der Waals surface area contributed by atoms with Gasteiger partial charge in [0.1, 0.15) is 11.7 Å². The van der Waals surface area contributed by atoms with Crippen LogP contribution in [0.3, 0.4) is 0 Å². The van der Waals surface area contributed by atoms with Gasteiger partial charge in [-0.25, -0.2) is 13.4 Å². The van der Waals surface area contributed by atoms with Crippen LogP contribution in [0.1, 0.15) is 0 Å². The molecule has 0 bridgehead atoms. The fourth-order valence-corrected chi connectivity index (χ4v) is 3.88. The molecule has 0 radical (unpaired) electrons. The lowest BCUT2D eigenvalue weighted by Gasteiger charge is -2.34. The lowest BCUT2D eigenvalue weighted by molar-refractivity contribution is -0.119. The average molecular weight is 322 g/mol. The number of primary amides is 1. The summed E-state index contributed by atoms with van der Waals surface area (Å²) in [6.07, 6.45) is 6.86. The second-order valence-corrected chi connectivity index (χ2v) is 6.99. The number of nitrogens with zero attached hydrogens (tertiary/aromatic N) is 3. The van der Waals surface area contributed by atoms with Gasteiger partial charge in [0, 0.05) is 32.4 Å². The Kier molecular flexibility index (Phi) is 5.00. The molecule has 1 fully saturated rings. The van der Waals surface area contributed by atoms with E-state index in [1.807, 2.05) is 23.1 Å². The molecule has 1 amide bonds. The molecule has 8 heteroatoms. The smallest absolute Gasteiger partial charge is 0.233 e. The van der Waals surface area contributed by atoms with E-state index < -0.39 is 27.6 Å². The number of hydrogen-bond donors (Lipinski definition) is 1. The molecule has 2 heterocycles. The lowest BCUT2D eigenvalue weighted by Crippen LogP contribution is -2.50. The number of pyridine rings is 1. The first-order valence-electron chi connectivity index (χ1n) is 6.83. The van der Waals surface area contributed by atoms with Crippen molar-refractivity contribution < 1.29 is 13.2 Å². The fraction of sp³-hybridized carbons (Fsp3) is 0.429. The Hall–Kier alpha value is -2.11. The van der Waals surface area contributed by atoms with Crippen molar-refractivity contribution in [3.63, 3.8) is 0 Å². The van der Waals surface area contributed by atoms with Crippen molar-refractivity contribution in [1.82, 2.24) is 9.29 Å². The minimum absolute atomic E-state index is 0.328. The molecule has 1 aromatic heterocycles. The van der Waals surface area contributed by atoms with Gasteiger partial charge < -0.3 is 10.6 Å². The van der Waals surface area contributed by atoms with Crippen LogP contribution in [0.25, 0.3) is 0 Å². The van der Waals surface area contributed by atoms with Gasteiger partial charge in [0.15, 0.2) is 0 Å². The maximum absolute atomic E-state index is 12.3. The van der Waals surface area contributed by atoms with Crippen LogP contribution in [0.15, 0.2) is 24.4 Å². The van der Waals surface area contributed by atoms with E-state index in [2.05, 4.69) is 10.9 Å². The summed E-state index contributed by atoms with van der Waals surface area (Å²) in [4.78, 5) is 17.4. The maximum atomic E-state index is 12.3. The molecule has 2 N–H and O–H groups in total. The molecule has 0 saturated carbocycles. The van der Waals surface area contributed by atoms with Gasteiger partial charge in [-0.05, 0) is 12.1 Å². The number of nitrogens with two attached hydrogens (primary N) is 1. The Balaban J connectivity index is 1.99. The molecule has 1 atom stereocenters. The molecule has 1 aliphatic rings. The van der Waals surface area contributed by atoms with Crippen molar-refractivity contribution in [3.8, 4) is 12.3 Å². The largest absolute Gasteiger partial charge is 0.369 e. The highest BCUT2D eigenvalue weighted by atomic mass is 32.2. The number of amides is 1. The van der Waals surface area contributed by atoms with Crippen LogP contribution in [-0.2, 0) is 14.8 Å². The SMILES string of the molecule is C#CC(CS(=O)(=O)N1CCN(c2ccccn2)CC1)C(N)=O. The molecule has 22 heavy (non-hydrogen) atoms. The predicted molar refractivity (Wildman–Crippen MR) is 83.3 cm³/mol. The summed E-state index contributed by atoms with van der Waals surface area (Å²) in [6, 6.07) is 5.59. The highest BCUT2D eigenvalue weighted by Gasteiger charge is 2.30. The Morgan fingerprint density at radius 1 is 1.36 bits per heavy atom. The third-order valence-corrected chi connectivity index (χ3v) is 5.43. The van der Waals surface area contributed by atoms with Crippen LogP contribution in [-0.4, -0.2) is 55.5 Å². The van der Waals surface area contributed by atoms with E-state index in [-0.39, 0.29) is 0 Å². The van der Waals surface area contributed by atoms with E-state index in [9.17, 15) is 13.2 Å². The molecule has 7 nitrogen and oxygen atoms in total. The van der Waals surface area contributed by atoms with Gasteiger partial charge in [0.05, 0.1) is 5.75 Å².